The van der Waals surface area contributed by atoms with Gasteiger partial charge >= 0.3 is 0 Å². The zero-order valence-electron chi connectivity index (χ0n) is 18.8. The Balaban J connectivity index is 1.35. The fourth-order valence-electron chi connectivity index (χ4n) is 3.16. The molecule has 0 saturated heterocycles. The molecule has 3 aromatic rings. The molecular weight excluding hydrogens is 530 g/mol. The highest BCUT2D eigenvalue weighted by molar-refractivity contribution is 6.55. The van der Waals surface area contributed by atoms with E-state index in [2.05, 4.69) is 0 Å². The Bertz CT molecular complexity index is 1100. The van der Waals surface area contributed by atoms with Gasteiger partial charge in [0.25, 0.3) is 0 Å². The number of hydrogen-bond acceptors (Lipinski definition) is 4. The van der Waals surface area contributed by atoms with E-state index in [4.69, 9.17) is 60.6 Å². The highest BCUT2D eigenvalue weighted by atomic mass is 35.5. The Labute approximate surface area is 225 Å². The first kappa shape index (κ1) is 27.2. The van der Waals surface area contributed by atoms with Crippen molar-refractivity contribution in [2.75, 3.05) is 19.8 Å². The molecule has 0 aromatic heterocycles. The number of ketones is 1. The lowest BCUT2D eigenvalue weighted by Crippen LogP contribution is -2.03. The minimum absolute atomic E-state index is 0.00656. The Morgan fingerprint density at radius 3 is 1.94 bits per heavy atom. The van der Waals surface area contributed by atoms with Crippen LogP contribution < -0.4 is 14.2 Å². The lowest BCUT2D eigenvalue weighted by atomic mass is 10.0. The van der Waals surface area contributed by atoms with Gasteiger partial charge in [-0.3, -0.25) is 4.79 Å². The Kier molecular flexibility index (Phi) is 11.1. The molecule has 184 valence electrons. The predicted octanol–water partition coefficient (Wildman–Crippen LogP) is 8.55. The third kappa shape index (κ3) is 8.97. The van der Waals surface area contributed by atoms with E-state index in [0.717, 1.165) is 25.0 Å². The van der Waals surface area contributed by atoms with Crippen molar-refractivity contribution in [3.8, 4) is 17.2 Å². The van der Waals surface area contributed by atoms with Crippen molar-refractivity contribution >= 4 is 52.2 Å². The molecule has 0 aliphatic rings. The first-order valence-corrected chi connectivity index (χ1v) is 12.5. The third-order valence-corrected chi connectivity index (χ3v) is 5.79. The van der Waals surface area contributed by atoms with Crippen LogP contribution in [0.1, 0.15) is 35.2 Å². The van der Waals surface area contributed by atoms with Crippen LogP contribution in [-0.4, -0.2) is 25.6 Å². The minimum Gasteiger partial charge on any atom is -0.494 e. The minimum atomic E-state index is -0.00656. The number of halogens is 4. The highest BCUT2D eigenvalue weighted by Gasteiger charge is 2.11. The summed E-state index contributed by atoms with van der Waals surface area (Å²) < 4.78 is 17.1. The van der Waals surface area contributed by atoms with E-state index in [9.17, 15) is 4.79 Å². The molecule has 0 bridgehead atoms. The SMILES string of the molecule is O=C(c1ccccc1)c1ccc(OCCCCCOc2c(Cl)cc(OCC=C(Cl)Cl)cc2Cl)cc1. The first-order valence-electron chi connectivity index (χ1n) is 11.0. The average molecular weight is 554 g/mol. The maximum absolute atomic E-state index is 12.5. The van der Waals surface area contributed by atoms with Crippen LogP contribution in [0.4, 0.5) is 0 Å². The molecule has 0 unspecified atom stereocenters. The van der Waals surface area contributed by atoms with Crippen LogP contribution in [0.5, 0.6) is 17.2 Å². The largest absolute Gasteiger partial charge is 0.494 e. The summed E-state index contributed by atoms with van der Waals surface area (Å²) in [6.07, 6.45) is 4.10. The lowest BCUT2D eigenvalue weighted by Gasteiger charge is -2.12. The zero-order chi connectivity index (χ0) is 25.0. The second kappa shape index (κ2) is 14.3. The molecule has 3 aromatic carbocycles. The van der Waals surface area contributed by atoms with E-state index in [1.54, 1.807) is 36.4 Å². The zero-order valence-corrected chi connectivity index (χ0v) is 21.8. The number of hydrogen-bond donors (Lipinski definition) is 0. The molecule has 0 radical (unpaired) electrons. The summed E-state index contributed by atoms with van der Waals surface area (Å²) in [5.41, 5.74) is 1.30. The van der Waals surface area contributed by atoms with Gasteiger partial charge in [0.15, 0.2) is 11.5 Å². The summed E-state index contributed by atoms with van der Waals surface area (Å²) in [6.45, 7) is 1.24. The summed E-state index contributed by atoms with van der Waals surface area (Å²) in [4.78, 5) is 12.5. The normalized spacial score (nSPS) is 10.5. The third-order valence-electron chi connectivity index (χ3n) is 4.92. The number of unbranched alkanes of at least 4 members (excludes halogenated alkanes) is 2. The summed E-state index contributed by atoms with van der Waals surface area (Å²) in [7, 11) is 0. The van der Waals surface area contributed by atoms with Crippen LogP contribution in [0.15, 0.2) is 77.3 Å². The summed E-state index contributed by atoms with van der Waals surface area (Å²) >= 11 is 23.7. The van der Waals surface area contributed by atoms with Gasteiger partial charge in [-0.1, -0.05) is 76.7 Å². The van der Waals surface area contributed by atoms with Crippen LogP contribution in [0.25, 0.3) is 0 Å². The van der Waals surface area contributed by atoms with E-state index < -0.39 is 0 Å². The molecule has 0 saturated carbocycles. The molecule has 0 spiro atoms. The topological polar surface area (TPSA) is 44.8 Å². The molecule has 0 amide bonds. The van der Waals surface area contributed by atoms with E-state index in [-0.39, 0.29) is 16.9 Å². The van der Waals surface area contributed by atoms with Gasteiger partial charge in [-0.25, -0.2) is 0 Å². The first-order chi connectivity index (χ1) is 16.9. The standard InChI is InChI=1S/C27H24Cl4O4/c28-23-17-22(34-16-13-25(30)31)18-24(29)27(23)35-15-6-2-5-14-33-21-11-9-20(10-12-21)26(32)19-7-3-1-4-8-19/h1,3-4,7-13,17-18H,2,5-6,14-16H2. The smallest absolute Gasteiger partial charge is 0.193 e. The summed E-state index contributed by atoms with van der Waals surface area (Å²) in [5.74, 6) is 1.64. The number of ether oxygens (including phenoxy) is 3. The van der Waals surface area contributed by atoms with Crippen molar-refractivity contribution in [2.24, 2.45) is 0 Å². The fraction of sp³-hybridized carbons (Fsp3) is 0.222. The highest BCUT2D eigenvalue weighted by Crippen LogP contribution is 2.37. The van der Waals surface area contributed by atoms with Gasteiger partial charge in [-0.2, -0.15) is 0 Å². The van der Waals surface area contributed by atoms with Crippen molar-refractivity contribution in [1.82, 2.24) is 0 Å². The van der Waals surface area contributed by atoms with Crippen LogP contribution in [0.2, 0.25) is 10.0 Å². The van der Waals surface area contributed by atoms with Gasteiger partial charge in [0.2, 0.25) is 0 Å². The molecular formula is C27H24Cl4O4. The lowest BCUT2D eigenvalue weighted by molar-refractivity contribution is 0.103. The predicted molar refractivity (Wildman–Crippen MR) is 143 cm³/mol. The number of carbonyl (C=O) groups excluding carboxylic acids is 1. The van der Waals surface area contributed by atoms with Gasteiger partial charge in [0, 0.05) is 23.3 Å². The van der Waals surface area contributed by atoms with Crippen molar-refractivity contribution < 1.29 is 19.0 Å². The number of benzene rings is 3. The van der Waals surface area contributed by atoms with Gasteiger partial charge < -0.3 is 14.2 Å². The Hall–Kier alpha value is -2.37. The maximum Gasteiger partial charge on any atom is 0.193 e. The number of rotatable bonds is 13. The van der Waals surface area contributed by atoms with Crippen molar-refractivity contribution in [3.05, 3.63) is 98.5 Å². The van der Waals surface area contributed by atoms with Crippen LogP contribution in [0.3, 0.4) is 0 Å². The Morgan fingerprint density at radius 1 is 0.714 bits per heavy atom. The van der Waals surface area contributed by atoms with Crippen LogP contribution in [0, 0.1) is 0 Å². The molecule has 4 nitrogen and oxygen atoms in total. The second-order valence-electron chi connectivity index (χ2n) is 7.50. The van der Waals surface area contributed by atoms with E-state index >= 15 is 0 Å². The van der Waals surface area contributed by atoms with Crippen molar-refractivity contribution in [3.63, 3.8) is 0 Å². The average Bonchev–Trinajstić information content (AvgIpc) is 2.85. The molecule has 35 heavy (non-hydrogen) atoms. The van der Waals surface area contributed by atoms with E-state index in [1.807, 2.05) is 30.3 Å². The van der Waals surface area contributed by atoms with Crippen LogP contribution in [-0.2, 0) is 0 Å². The van der Waals surface area contributed by atoms with Gasteiger partial charge in [-0.05, 0) is 49.6 Å². The molecule has 0 fully saturated rings. The maximum atomic E-state index is 12.5. The summed E-state index contributed by atoms with van der Waals surface area (Å²) in [6, 6.07) is 19.7. The molecule has 0 aliphatic carbocycles. The quantitative estimate of drug-likeness (QED) is 0.157. The molecule has 3 rings (SSSR count). The van der Waals surface area contributed by atoms with Crippen molar-refractivity contribution in [2.45, 2.75) is 19.3 Å². The van der Waals surface area contributed by atoms with Gasteiger partial charge in [0.05, 0.1) is 23.3 Å². The molecule has 0 N–H and O–H groups in total. The molecule has 0 heterocycles. The van der Waals surface area contributed by atoms with Crippen molar-refractivity contribution in [1.29, 1.82) is 0 Å². The second-order valence-corrected chi connectivity index (χ2v) is 9.32. The van der Waals surface area contributed by atoms with Gasteiger partial charge in [0.1, 0.15) is 22.6 Å². The Morgan fingerprint density at radius 2 is 1.31 bits per heavy atom. The molecule has 0 aliphatic heterocycles. The fourth-order valence-corrected chi connectivity index (χ4v) is 3.86. The monoisotopic (exact) mass is 552 g/mol. The van der Waals surface area contributed by atoms with E-state index in [1.165, 1.54) is 6.08 Å². The molecule has 8 heteroatoms. The van der Waals surface area contributed by atoms with Gasteiger partial charge in [-0.15, -0.1) is 0 Å². The van der Waals surface area contributed by atoms with E-state index in [0.29, 0.717) is 45.9 Å². The summed E-state index contributed by atoms with van der Waals surface area (Å²) in [5, 5.41) is 0.733. The van der Waals surface area contributed by atoms with Crippen LogP contribution >= 0.6 is 46.4 Å². The number of carbonyl (C=O) groups is 1. The molecule has 0 atom stereocenters.